The normalized spacial score (nSPS) is 26.1. The number of carbonyl (C=O) groups is 2. The van der Waals surface area contributed by atoms with Gasteiger partial charge in [0, 0.05) is 24.7 Å². The third kappa shape index (κ3) is 3.83. The van der Waals surface area contributed by atoms with Crippen LogP contribution in [0, 0.1) is 29.6 Å². The number of hydrogen-bond donors (Lipinski definition) is 3. The zero-order valence-electron chi connectivity index (χ0n) is 20.0. The maximum atomic E-state index is 13.3. The standard InChI is InChI=1S/C27H32N6O2/c1-2-33-22(9-10-28-33)27(35)32-24(23(15-4-5-15)16-6-7-16)25-29-19-8-3-14(12-21(19)30-25)11-18-17-13-20(17)31-26(18)34/h3,8-10,12,15-18,20,23-24H,2,4-7,11,13H2,1H3,(H,29,30)(H,31,34)(H,32,35). The number of nitrogens with zero attached hydrogens (tertiary/aromatic N) is 3. The molecule has 3 N–H and O–H groups in total. The van der Waals surface area contributed by atoms with Crippen molar-refractivity contribution in [2.75, 3.05) is 0 Å². The summed E-state index contributed by atoms with van der Waals surface area (Å²) < 4.78 is 1.74. The van der Waals surface area contributed by atoms with Crippen molar-refractivity contribution < 1.29 is 9.59 Å². The molecule has 1 saturated heterocycles. The van der Waals surface area contributed by atoms with Crippen molar-refractivity contribution in [3.8, 4) is 0 Å². The van der Waals surface area contributed by atoms with Crippen molar-refractivity contribution in [2.45, 2.75) is 64.1 Å². The molecule has 3 saturated carbocycles. The Hall–Kier alpha value is -3.16. The van der Waals surface area contributed by atoms with Crippen LogP contribution < -0.4 is 10.6 Å². The van der Waals surface area contributed by atoms with E-state index in [-0.39, 0.29) is 23.8 Å². The fourth-order valence-electron chi connectivity index (χ4n) is 6.39. The van der Waals surface area contributed by atoms with Gasteiger partial charge in [0.1, 0.15) is 11.5 Å². The highest BCUT2D eigenvalue weighted by Gasteiger charge is 2.53. The van der Waals surface area contributed by atoms with Crippen LogP contribution in [-0.2, 0) is 17.8 Å². The van der Waals surface area contributed by atoms with Crippen LogP contribution >= 0.6 is 0 Å². The third-order valence-electron chi connectivity index (χ3n) is 8.59. The first-order valence-electron chi connectivity index (χ1n) is 13.2. The monoisotopic (exact) mass is 472 g/mol. The fraction of sp³-hybridized carbons (Fsp3) is 0.556. The molecule has 2 aromatic heterocycles. The zero-order valence-corrected chi connectivity index (χ0v) is 20.0. The van der Waals surface area contributed by atoms with Crippen molar-refractivity contribution in [1.29, 1.82) is 0 Å². The van der Waals surface area contributed by atoms with Crippen molar-refractivity contribution in [1.82, 2.24) is 30.4 Å². The molecule has 4 atom stereocenters. The molecule has 0 spiro atoms. The highest BCUT2D eigenvalue weighted by Crippen LogP contribution is 2.54. The Bertz CT molecular complexity index is 1290. The molecule has 7 rings (SSSR count). The van der Waals surface area contributed by atoms with Gasteiger partial charge < -0.3 is 15.6 Å². The summed E-state index contributed by atoms with van der Waals surface area (Å²) in [5.41, 5.74) is 3.64. The van der Waals surface area contributed by atoms with E-state index in [0.29, 0.717) is 42.0 Å². The number of piperidine rings is 1. The summed E-state index contributed by atoms with van der Waals surface area (Å²) in [6.45, 7) is 2.65. The van der Waals surface area contributed by atoms with Gasteiger partial charge in [-0.15, -0.1) is 0 Å². The molecular weight excluding hydrogens is 440 g/mol. The molecule has 182 valence electrons. The number of H-pyrrole nitrogens is 1. The van der Waals surface area contributed by atoms with E-state index in [9.17, 15) is 9.59 Å². The fourth-order valence-corrected chi connectivity index (χ4v) is 6.39. The van der Waals surface area contributed by atoms with Gasteiger partial charge in [-0.2, -0.15) is 5.10 Å². The van der Waals surface area contributed by atoms with Gasteiger partial charge in [0.25, 0.3) is 5.91 Å². The molecule has 8 heteroatoms. The van der Waals surface area contributed by atoms with Gasteiger partial charge in [0.2, 0.25) is 5.91 Å². The quantitative estimate of drug-likeness (QED) is 0.444. The first-order valence-corrected chi connectivity index (χ1v) is 13.2. The van der Waals surface area contributed by atoms with Crippen LogP contribution in [0.5, 0.6) is 0 Å². The van der Waals surface area contributed by atoms with Crippen molar-refractivity contribution in [2.24, 2.45) is 29.6 Å². The van der Waals surface area contributed by atoms with E-state index < -0.39 is 0 Å². The minimum Gasteiger partial charge on any atom is -0.353 e. The van der Waals surface area contributed by atoms with Crippen LogP contribution in [-0.4, -0.2) is 37.6 Å². The summed E-state index contributed by atoms with van der Waals surface area (Å²) in [4.78, 5) is 34.1. The Kier molecular flexibility index (Phi) is 4.79. The molecular formula is C27H32N6O2. The molecule has 8 nitrogen and oxygen atoms in total. The molecule has 1 aromatic carbocycles. The summed E-state index contributed by atoms with van der Waals surface area (Å²) in [7, 11) is 0. The lowest BCUT2D eigenvalue weighted by molar-refractivity contribution is -0.123. The van der Waals surface area contributed by atoms with Gasteiger partial charge in [-0.3, -0.25) is 14.3 Å². The van der Waals surface area contributed by atoms with Crippen LogP contribution in [0.2, 0.25) is 0 Å². The Labute approximate surface area is 204 Å². The minimum atomic E-state index is -0.147. The van der Waals surface area contributed by atoms with Crippen LogP contribution in [0.4, 0.5) is 0 Å². The summed E-state index contributed by atoms with van der Waals surface area (Å²) >= 11 is 0. The predicted molar refractivity (Wildman–Crippen MR) is 130 cm³/mol. The molecule has 3 aromatic rings. The van der Waals surface area contributed by atoms with Crippen LogP contribution in [0.3, 0.4) is 0 Å². The first kappa shape index (κ1) is 21.1. The second-order valence-electron chi connectivity index (χ2n) is 11.0. The average molecular weight is 473 g/mol. The van der Waals surface area contributed by atoms with Crippen LogP contribution in [0.15, 0.2) is 30.5 Å². The number of aryl methyl sites for hydroxylation is 1. The number of nitrogens with one attached hydrogen (secondary N) is 3. The second-order valence-corrected chi connectivity index (χ2v) is 11.0. The number of fused-ring (bicyclic) bond motifs is 2. The summed E-state index contributed by atoms with van der Waals surface area (Å²) in [6.07, 6.45) is 8.50. The smallest absolute Gasteiger partial charge is 0.270 e. The van der Waals surface area contributed by atoms with E-state index in [1.54, 1.807) is 16.9 Å². The van der Waals surface area contributed by atoms with Gasteiger partial charge in [-0.05, 0) is 92.9 Å². The SMILES string of the molecule is CCn1nccc1C(=O)NC(c1nc2ccc(CC3C(=O)NC4CC43)cc2[nH]1)C(C1CC1)C1CC1. The lowest BCUT2D eigenvalue weighted by atomic mass is 9.88. The number of aromatic nitrogens is 4. The van der Waals surface area contributed by atoms with Gasteiger partial charge in [-0.25, -0.2) is 4.98 Å². The number of aromatic amines is 1. The maximum Gasteiger partial charge on any atom is 0.270 e. The van der Waals surface area contributed by atoms with Gasteiger partial charge in [-0.1, -0.05) is 6.07 Å². The van der Waals surface area contributed by atoms with Crippen LogP contribution in [0.25, 0.3) is 11.0 Å². The molecule has 0 radical (unpaired) electrons. The summed E-state index contributed by atoms with van der Waals surface area (Å²) in [5.74, 6) is 3.26. The zero-order chi connectivity index (χ0) is 23.7. The highest BCUT2D eigenvalue weighted by molar-refractivity contribution is 5.92. The Morgan fingerprint density at radius 2 is 2.00 bits per heavy atom. The predicted octanol–water partition coefficient (Wildman–Crippen LogP) is 3.36. The maximum absolute atomic E-state index is 13.3. The van der Waals surface area contributed by atoms with Crippen molar-refractivity contribution in [3.63, 3.8) is 0 Å². The van der Waals surface area contributed by atoms with Crippen molar-refractivity contribution >= 4 is 22.8 Å². The third-order valence-corrected chi connectivity index (χ3v) is 8.59. The molecule has 0 bridgehead atoms. The molecule has 2 amide bonds. The number of imidazole rings is 1. The van der Waals surface area contributed by atoms with E-state index in [1.165, 1.54) is 25.7 Å². The lowest BCUT2D eigenvalue weighted by Gasteiger charge is -2.27. The van der Waals surface area contributed by atoms with E-state index in [2.05, 4.69) is 38.9 Å². The average Bonchev–Trinajstić information content (AvgIpc) is 3.81. The number of carbonyl (C=O) groups excluding carboxylic acids is 2. The molecule has 4 aliphatic rings. The van der Waals surface area contributed by atoms with E-state index >= 15 is 0 Å². The number of amides is 2. The molecule has 4 fully saturated rings. The number of benzene rings is 1. The molecule has 3 aliphatic carbocycles. The Morgan fingerprint density at radius 1 is 1.20 bits per heavy atom. The number of rotatable bonds is 9. The largest absolute Gasteiger partial charge is 0.353 e. The molecule has 3 heterocycles. The molecule has 1 aliphatic heterocycles. The van der Waals surface area contributed by atoms with Crippen LogP contribution in [0.1, 0.15) is 66.9 Å². The molecule has 35 heavy (non-hydrogen) atoms. The second kappa shape index (κ2) is 7.93. The van der Waals surface area contributed by atoms with E-state index in [0.717, 1.165) is 35.3 Å². The summed E-state index contributed by atoms with van der Waals surface area (Å²) in [6, 6.07) is 8.34. The minimum absolute atomic E-state index is 0.0874. The van der Waals surface area contributed by atoms with Crippen molar-refractivity contribution in [3.05, 3.63) is 47.5 Å². The van der Waals surface area contributed by atoms with Gasteiger partial charge in [0.05, 0.1) is 17.1 Å². The van der Waals surface area contributed by atoms with Gasteiger partial charge in [0.15, 0.2) is 0 Å². The van der Waals surface area contributed by atoms with E-state index in [1.807, 2.05) is 6.92 Å². The molecule has 4 unspecified atom stereocenters. The lowest BCUT2D eigenvalue weighted by Crippen LogP contribution is -2.37. The van der Waals surface area contributed by atoms with Gasteiger partial charge >= 0.3 is 0 Å². The summed E-state index contributed by atoms with van der Waals surface area (Å²) in [5, 5.41) is 10.7. The Morgan fingerprint density at radius 3 is 2.69 bits per heavy atom. The Balaban J connectivity index is 1.19. The topological polar surface area (TPSA) is 105 Å². The number of hydrogen-bond acceptors (Lipinski definition) is 4. The first-order chi connectivity index (χ1) is 17.1. The highest BCUT2D eigenvalue weighted by atomic mass is 16.2. The van der Waals surface area contributed by atoms with E-state index in [4.69, 9.17) is 4.98 Å².